The number of piperazine rings is 1. The highest BCUT2D eigenvalue weighted by Gasteiger charge is 2.42. The number of halogens is 6. The van der Waals surface area contributed by atoms with Crippen LogP contribution in [0.3, 0.4) is 0 Å². The lowest BCUT2D eigenvalue weighted by Gasteiger charge is -2.34. The third-order valence-corrected chi connectivity index (χ3v) is 7.56. The molecule has 0 aromatic heterocycles. The van der Waals surface area contributed by atoms with Crippen molar-refractivity contribution in [3.63, 3.8) is 0 Å². The van der Waals surface area contributed by atoms with Crippen molar-refractivity contribution < 1.29 is 35.9 Å². The Morgan fingerprint density at radius 2 is 1.32 bits per heavy atom. The third kappa shape index (κ3) is 6.56. The molecule has 0 aliphatic carbocycles. The smallest absolute Gasteiger partial charge is 0.369 e. The summed E-state index contributed by atoms with van der Waals surface area (Å²) in [6.45, 7) is 4.16. The van der Waals surface area contributed by atoms with Gasteiger partial charge in [0.1, 0.15) is 0 Å². The summed E-state index contributed by atoms with van der Waals surface area (Å²) >= 11 is 0. The molecule has 1 unspecified atom stereocenters. The first-order chi connectivity index (χ1) is 19.1. The molecule has 1 saturated heterocycles. The first kappa shape index (κ1) is 30.1. The van der Waals surface area contributed by atoms with Gasteiger partial charge in [-0.3, -0.25) is 9.59 Å². The standard InChI is InChI=1S/C30H29F6N3O2/c1-28(27(37)41,21-14-22(29(31,32)33)16-23(15-21)30(34,35)36)18-20-8-9-24(39-12-10-38(2)11-13-39)17-25(20)26(40)19-6-4-3-5-7-19/h3-9,14-17H,10-13,18H2,1-2H3,(H2,37,41). The van der Waals surface area contributed by atoms with Crippen LogP contribution in [0.1, 0.15) is 45.1 Å². The molecule has 1 heterocycles. The molecule has 1 aliphatic rings. The summed E-state index contributed by atoms with van der Waals surface area (Å²) in [6, 6.07) is 14.3. The van der Waals surface area contributed by atoms with Crippen molar-refractivity contribution in [3.8, 4) is 0 Å². The van der Waals surface area contributed by atoms with Crippen molar-refractivity contribution in [1.29, 1.82) is 0 Å². The monoisotopic (exact) mass is 577 g/mol. The number of anilines is 1. The van der Waals surface area contributed by atoms with Crippen LogP contribution in [-0.4, -0.2) is 49.8 Å². The van der Waals surface area contributed by atoms with Crippen LogP contribution in [0.2, 0.25) is 0 Å². The van der Waals surface area contributed by atoms with Crippen LogP contribution >= 0.6 is 0 Å². The van der Waals surface area contributed by atoms with E-state index in [-0.39, 0.29) is 17.2 Å². The highest BCUT2D eigenvalue weighted by molar-refractivity contribution is 6.10. The lowest BCUT2D eigenvalue weighted by Crippen LogP contribution is -2.44. The van der Waals surface area contributed by atoms with Gasteiger partial charge < -0.3 is 15.5 Å². The van der Waals surface area contributed by atoms with Crippen molar-refractivity contribution >= 4 is 17.4 Å². The molecule has 41 heavy (non-hydrogen) atoms. The van der Waals surface area contributed by atoms with Crippen LogP contribution in [0.25, 0.3) is 0 Å². The van der Waals surface area contributed by atoms with Crippen LogP contribution in [-0.2, 0) is 29.0 Å². The molecule has 11 heteroatoms. The van der Waals surface area contributed by atoms with Gasteiger partial charge in [0.25, 0.3) is 0 Å². The summed E-state index contributed by atoms with van der Waals surface area (Å²) in [4.78, 5) is 30.7. The number of nitrogens with zero attached hydrogens (tertiary/aromatic N) is 2. The molecular weight excluding hydrogens is 548 g/mol. The van der Waals surface area contributed by atoms with E-state index >= 15 is 0 Å². The Bertz CT molecular complexity index is 1400. The predicted molar refractivity (Wildman–Crippen MR) is 143 cm³/mol. The van der Waals surface area contributed by atoms with E-state index in [0.717, 1.165) is 18.8 Å². The Balaban J connectivity index is 1.85. The minimum Gasteiger partial charge on any atom is -0.369 e. The van der Waals surface area contributed by atoms with Gasteiger partial charge >= 0.3 is 12.4 Å². The number of carbonyl (C=O) groups is 2. The number of amides is 1. The highest BCUT2D eigenvalue weighted by atomic mass is 19.4. The van der Waals surface area contributed by atoms with Crippen LogP contribution < -0.4 is 10.6 Å². The molecule has 4 rings (SSSR count). The first-order valence-electron chi connectivity index (χ1n) is 12.9. The number of primary amides is 1. The quantitative estimate of drug-likeness (QED) is 0.289. The van der Waals surface area contributed by atoms with E-state index in [2.05, 4.69) is 9.80 Å². The molecule has 1 aliphatic heterocycles. The summed E-state index contributed by atoms with van der Waals surface area (Å²) < 4.78 is 81.7. The van der Waals surface area contributed by atoms with Gasteiger partial charge in [-0.1, -0.05) is 36.4 Å². The summed E-state index contributed by atoms with van der Waals surface area (Å²) in [5.41, 5.74) is 1.52. The Labute approximate surface area is 233 Å². The minimum absolute atomic E-state index is 0.000112. The van der Waals surface area contributed by atoms with Crippen LogP contribution in [0.4, 0.5) is 32.0 Å². The van der Waals surface area contributed by atoms with E-state index in [1.165, 1.54) is 6.92 Å². The predicted octanol–water partition coefficient (Wildman–Crippen LogP) is 5.69. The second-order valence-corrected chi connectivity index (χ2v) is 10.5. The lowest BCUT2D eigenvalue weighted by atomic mass is 9.74. The number of rotatable bonds is 7. The largest absolute Gasteiger partial charge is 0.416 e. The zero-order valence-electron chi connectivity index (χ0n) is 22.4. The average molecular weight is 578 g/mol. The Kier molecular flexibility index (Phi) is 8.22. The highest BCUT2D eigenvalue weighted by Crippen LogP contribution is 2.40. The molecule has 1 atom stereocenters. The van der Waals surface area contributed by atoms with E-state index in [9.17, 15) is 35.9 Å². The van der Waals surface area contributed by atoms with Gasteiger partial charge in [-0.2, -0.15) is 26.3 Å². The van der Waals surface area contributed by atoms with E-state index in [4.69, 9.17) is 5.73 Å². The van der Waals surface area contributed by atoms with Gasteiger partial charge in [0.05, 0.1) is 16.5 Å². The average Bonchev–Trinajstić information content (AvgIpc) is 2.92. The number of likely N-dealkylation sites (N-methyl/N-ethyl adjacent to an activating group) is 1. The van der Waals surface area contributed by atoms with Gasteiger partial charge in [0, 0.05) is 43.0 Å². The SMILES string of the molecule is CN1CCN(c2ccc(CC(C)(C(N)=O)c3cc(C(F)(F)F)cc(C(F)(F)F)c3)c(C(=O)c3ccccc3)c2)CC1. The third-order valence-electron chi connectivity index (χ3n) is 7.56. The number of nitrogens with two attached hydrogens (primary N) is 1. The summed E-state index contributed by atoms with van der Waals surface area (Å²) in [5, 5.41) is 0. The lowest BCUT2D eigenvalue weighted by molar-refractivity contribution is -0.143. The molecule has 1 fully saturated rings. The fourth-order valence-corrected chi connectivity index (χ4v) is 4.92. The Hall–Kier alpha value is -3.86. The number of benzene rings is 3. The molecule has 0 spiro atoms. The topological polar surface area (TPSA) is 66.6 Å². The summed E-state index contributed by atoms with van der Waals surface area (Å²) in [5.74, 6) is -1.53. The maximum absolute atomic E-state index is 13.7. The second-order valence-electron chi connectivity index (χ2n) is 10.5. The van der Waals surface area contributed by atoms with Crippen LogP contribution in [0.15, 0.2) is 66.7 Å². The van der Waals surface area contributed by atoms with E-state index in [1.54, 1.807) is 48.5 Å². The zero-order valence-corrected chi connectivity index (χ0v) is 22.4. The number of alkyl halides is 6. The Morgan fingerprint density at radius 3 is 1.83 bits per heavy atom. The zero-order chi connectivity index (χ0) is 30.2. The molecule has 3 aromatic carbocycles. The first-order valence-corrected chi connectivity index (χ1v) is 12.9. The number of hydrogen-bond acceptors (Lipinski definition) is 4. The number of carbonyl (C=O) groups excluding carboxylic acids is 2. The molecule has 5 nitrogen and oxygen atoms in total. The fourth-order valence-electron chi connectivity index (χ4n) is 4.92. The van der Waals surface area contributed by atoms with Crippen molar-refractivity contribution in [2.24, 2.45) is 5.73 Å². The molecule has 0 saturated carbocycles. The summed E-state index contributed by atoms with van der Waals surface area (Å²) in [7, 11) is 1.99. The van der Waals surface area contributed by atoms with Crippen molar-refractivity contribution in [3.05, 3.63) is 100 Å². The molecule has 2 N–H and O–H groups in total. The van der Waals surface area contributed by atoms with E-state index < -0.39 is 52.6 Å². The van der Waals surface area contributed by atoms with Crippen molar-refractivity contribution in [2.45, 2.75) is 31.1 Å². The van der Waals surface area contributed by atoms with Crippen molar-refractivity contribution in [1.82, 2.24) is 4.90 Å². The maximum atomic E-state index is 13.7. The molecule has 3 aromatic rings. The van der Waals surface area contributed by atoms with Gasteiger partial charge in [-0.15, -0.1) is 0 Å². The van der Waals surface area contributed by atoms with Crippen LogP contribution in [0.5, 0.6) is 0 Å². The fraction of sp³-hybridized carbons (Fsp3) is 0.333. The normalized spacial score (nSPS) is 16.3. The minimum atomic E-state index is -5.10. The molecular formula is C30H29F6N3O2. The maximum Gasteiger partial charge on any atom is 0.416 e. The number of hydrogen-bond donors (Lipinski definition) is 1. The molecule has 0 radical (unpaired) electrons. The molecule has 218 valence electrons. The second kappa shape index (κ2) is 11.2. The van der Waals surface area contributed by atoms with Gasteiger partial charge in [-0.25, -0.2) is 0 Å². The molecule has 1 amide bonds. The van der Waals surface area contributed by atoms with Crippen LogP contribution in [0, 0.1) is 0 Å². The van der Waals surface area contributed by atoms with Gasteiger partial charge in [0.15, 0.2) is 5.78 Å². The summed E-state index contributed by atoms with van der Waals surface area (Å²) in [6.07, 6.45) is -10.6. The number of ketones is 1. The van der Waals surface area contributed by atoms with E-state index in [1.807, 2.05) is 7.05 Å². The van der Waals surface area contributed by atoms with E-state index in [0.29, 0.717) is 30.8 Å². The van der Waals surface area contributed by atoms with Crippen molar-refractivity contribution in [2.75, 3.05) is 38.1 Å². The molecule has 0 bridgehead atoms. The Morgan fingerprint density at radius 1 is 0.780 bits per heavy atom. The van der Waals surface area contributed by atoms with Gasteiger partial charge in [0.2, 0.25) is 5.91 Å². The van der Waals surface area contributed by atoms with Gasteiger partial charge in [-0.05, 0) is 61.9 Å².